The van der Waals surface area contributed by atoms with E-state index in [1.54, 1.807) is 25.8 Å². The number of hydrogen-bond donors (Lipinski definition) is 1. The molecule has 1 aliphatic heterocycles. The molecule has 1 fully saturated rings. The minimum atomic E-state index is -0.487. The van der Waals surface area contributed by atoms with Crippen molar-refractivity contribution in [2.24, 2.45) is 5.92 Å². The fourth-order valence-electron chi connectivity index (χ4n) is 3.93. The van der Waals surface area contributed by atoms with Crippen molar-refractivity contribution in [3.8, 4) is 0 Å². The Morgan fingerprint density at radius 3 is 2.35 bits per heavy atom. The Morgan fingerprint density at radius 2 is 1.81 bits per heavy atom. The van der Waals surface area contributed by atoms with Gasteiger partial charge in [0.05, 0.1) is 31.7 Å². The molecule has 2 rings (SSSR count). The van der Waals surface area contributed by atoms with Gasteiger partial charge in [0.2, 0.25) is 5.91 Å². The molecule has 9 nitrogen and oxygen atoms in total. The third-order valence-corrected chi connectivity index (χ3v) is 5.58. The van der Waals surface area contributed by atoms with E-state index in [9.17, 15) is 19.2 Å². The van der Waals surface area contributed by atoms with Gasteiger partial charge in [-0.15, -0.1) is 0 Å². The van der Waals surface area contributed by atoms with Gasteiger partial charge in [0.25, 0.3) is 5.91 Å². The number of aromatic nitrogens is 1. The number of ether oxygens (including phenoxy) is 2. The number of likely N-dealkylation sites (tertiary alicyclic amines) is 1. The summed E-state index contributed by atoms with van der Waals surface area (Å²) in [6.45, 7) is 6.64. The van der Waals surface area contributed by atoms with Gasteiger partial charge in [-0.2, -0.15) is 0 Å². The number of rotatable bonds is 8. The van der Waals surface area contributed by atoms with Crippen molar-refractivity contribution in [3.05, 3.63) is 22.5 Å². The summed E-state index contributed by atoms with van der Waals surface area (Å²) in [7, 11) is 2.87. The lowest BCUT2D eigenvalue weighted by atomic mass is 9.97. The number of carbonyl (C=O) groups excluding carboxylic acids is 4. The summed E-state index contributed by atoms with van der Waals surface area (Å²) in [5, 5.41) is 0. The number of nitrogens with one attached hydrogen (secondary N) is 1. The van der Waals surface area contributed by atoms with Gasteiger partial charge >= 0.3 is 11.9 Å². The summed E-state index contributed by atoms with van der Waals surface area (Å²) < 4.78 is 9.92. The zero-order valence-corrected chi connectivity index (χ0v) is 19.1. The van der Waals surface area contributed by atoms with E-state index in [4.69, 9.17) is 9.47 Å². The third-order valence-electron chi connectivity index (χ3n) is 5.58. The van der Waals surface area contributed by atoms with Crippen LogP contribution in [0.2, 0.25) is 0 Å². The lowest BCUT2D eigenvalue weighted by Gasteiger charge is -2.32. The van der Waals surface area contributed by atoms with E-state index in [-0.39, 0.29) is 30.2 Å². The molecule has 1 aromatic rings. The first-order valence-electron chi connectivity index (χ1n) is 10.7. The topological polar surface area (TPSA) is 109 Å². The van der Waals surface area contributed by atoms with Crippen LogP contribution in [0.3, 0.4) is 0 Å². The average Bonchev–Trinajstić information content (AvgIpc) is 3.08. The van der Waals surface area contributed by atoms with Gasteiger partial charge in [0, 0.05) is 25.8 Å². The number of aromatic amines is 1. The number of nitrogens with zero attached hydrogens (tertiary/aromatic N) is 2. The van der Waals surface area contributed by atoms with Gasteiger partial charge < -0.3 is 24.3 Å². The smallest absolute Gasteiger partial charge is 0.339 e. The largest absolute Gasteiger partial charge is 0.466 e. The lowest BCUT2D eigenvalue weighted by molar-refractivity contribution is -0.151. The van der Waals surface area contributed by atoms with Gasteiger partial charge in [0.15, 0.2) is 0 Å². The number of aryl methyl sites for hydroxylation is 1. The van der Waals surface area contributed by atoms with Crippen molar-refractivity contribution >= 4 is 23.8 Å². The highest BCUT2D eigenvalue weighted by Gasteiger charge is 2.30. The van der Waals surface area contributed by atoms with E-state index in [1.807, 2.05) is 6.92 Å². The molecule has 2 amide bonds. The van der Waals surface area contributed by atoms with Crippen molar-refractivity contribution < 1.29 is 28.7 Å². The molecular formula is C22H33N3O6. The summed E-state index contributed by atoms with van der Waals surface area (Å²) in [6, 6.07) is 0. The number of piperidine rings is 1. The molecule has 1 saturated heterocycles. The molecule has 0 saturated carbocycles. The van der Waals surface area contributed by atoms with Crippen LogP contribution < -0.4 is 0 Å². The Labute approximate surface area is 183 Å². The minimum absolute atomic E-state index is 0.0832. The van der Waals surface area contributed by atoms with Crippen LogP contribution >= 0.6 is 0 Å². The molecule has 0 aromatic carbocycles. The van der Waals surface area contributed by atoms with E-state index in [1.165, 1.54) is 12.0 Å². The number of methoxy groups -OCH3 is 1. The van der Waals surface area contributed by atoms with Gasteiger partial charge in [-0.05, 0) is 38.7 Å². The van der Waals surface area contributed by atoms with Crippen LogP contribution in [-0.4, -0.2) is 78.9 Å². The van der Waals surface area contributed by atoms with Crippen LogP contribution in [0, 0.1) is 12.8 Å². The molecule has 1 aliphatic rings. The first-order chi connectivity index (χ1) is 14.7. The maximum absolute atomic E-state index is 13.1. The van der Waals surface area contributed by atoms with Crippen molar-refractivity contribution in [2.75, 3.05) is 40.4 Å². The van der Waals surface area contributed by atoms with Crippen LogP contribution in [0.25, 0.3) is 0 Å². The number of hydrogen-bond acceptors (Lipinski definition) is 6. The highest BCUT2D eigenvalue weighted by Crippen LogP contribution is 2.23. The Morgan fingerprint density at radius 1 is 1.16 bits per heavy atom. The minimum Gasteiger partial charge on any atom is -0.466 e. The number of esters is 2. The highest BCUT2D eigenvalue weighted by molar-refractivity contribution is 6.01. The van der Waals surface area contributed by atoms with E-state index in [0.717, 1.165) is 6.42 Å². The normalized spacial score (nSPS) is 14.3. The number of carbonyl (C=O) groups is 4. The monoisotopic (exact) mass is 435 g/mol. The second kappa shape index (κ2) is 11.0. The summed E-state index contributed by atoms with van der Waals surface area (Å²) in [6.07, 6.45) is 2.40. The quantitative estimate of drug-likeness (QED) is 0.625. The molecule has 2 heterocycles. The number of H-pyrrole nitrogens is 1. The molecule has 9 heteroatoms. The molecule has 31 heavy (non-hydrogen) atoms. The Kier molecular flexibility index (Phi) is 8.65. The molecule has 0 spiro atoms. The SMILES string of the molecule is CCCc1c(C(=O)N(C)CC(=O)N2CCC(C(=O)OCC)CC2)[nH]c(C)c1C(=O)OC. The van der Waals surface area contributed by atoms with Crippen molar-refractivity contribution in [2.45, 2.75) is 46.5 Å². The molecule has 1 aromatic heterocycles. The fraction of sp³-hybridized carbons (Fsp3) is 0.636. The first-order valence-corrected chi connectivity index (χ1v) is 10.7. The second-order valence-electron chi connectivity index (χ2n) is 7.79. The average molecular weight is 436 g/mol. The van der Waals surface area contributed by atoms with E-state index in [2.05, 4.69) is 4.98 Å². The molecule has 0 bridgehead atoms. The van der Waals surface area contributed by atoms with Gasteiger partial charge in [0.1, 0.15) is 5.69 Å². The number of amides is 2. The predicted octanol–water partition coefficient (Wildman–Crippen LogP) is 1.94. The van der Waals surface area contributed by atoms with Crippen LogP contribution in [0.5, 0.6) is 0 Å². The standard InChI is InChI=1S/C22H33N3O6/c1-6-8-16-18(22(29)30-5)14(3)23-19(16)20(27)24(4)13-17(26)25-11-9-15(10-12-25)21(28)31-7-2/h15,23H,6-13H2,1-5H3. The Bertz CT molecular complexity index is 823. The lowest BCUT2D eigenvalue weighted by Crippen LogP contribution is -2.45. The van der Waals surface area contributed by atoms with Crippen molar-refractivity contribution in [3.63, 3.8) is 0 Å². The third kappa shape index (κ3) is 5.65. The second-order valence-corrected chi connectivity index (χ2v) is 7.79. The predicted molar refractivity (Wildman–Crippen MR) is 114 cm³/mol. The van der Waals surface area contributed by atoms with Gasteiger partial charge in [-0.3, -0.25) is 14.4 Å². The molecular weight excluding hydrogens is 402 g/mol. The molecule has 0 aliphatic carbocycles. The van der Waals surface area contributed by atoms with E-state index in [0.29, 0.717) is 61.5 Å². The summed E-state index contributed by atoms with van der Waals surface area (Å²) in [4.78, 5) is 55.9. The first kappa shape index (κ1) is 24.4. The maximum atomic E-state index is 13.1. The van der Waals surface area contributed by atoms with Crippen LogP contribution in [0.1, 0.15) is 65.2 Å². The van der Waals surface area contributed by atoms with Gasteiger partial charge in [-0.25, -0.2) is 4.79 Å². The van der Waals surface area contributed by atoms with Crippen molar-refractivity contribution in [1.82, 2.24) is 14.8 Å². The highest BCUT2D eigenvalue weighted by atomic mass is 16.5. The maximum Gasteiger partial charge on any atom is 0.339 e. The Hall–Kier alpha value is -2.84. The van der Waals surface area contributed by atoms with Crippen LogP contribution in [0.4, 0.5) is 0 Å². The van der Waals surface area contributed by atoms with Gasteiger partial charge in [-0.1, -0.05) is 13.3 Å². The fourth-order valence-corrected chi connectivity index (χ4v) is 3.93. The van der Waals surface area contributed by atoms with Crippen molar-refractivity contribution in [1.29, 1.82) is 0 Å². The molecule has 1 N–H and O–H groups in total. The number of likely N-dealkylation sites (N-methyl/N-ethyl adjacent to an activating group) is 1. The van der Waals surface area contributed by atoms with Crippen LogP contribution in [0.15, 0.2) is 0 Å². The zero-order chi connectivity index (χ0) is 23.1. The van der Waals surface area contributed by atoms with E-state index >= 15 is 0 Å². The summed E-state index contributed by atoms with van der Waals surface area (Å²) >= 11 is 0. The summed E-state index contributed by atoms with van der Waals surface area (Å²) in [5.74, 6) is -1.41. The Balaban J connectivity index is 2.05. The zero-order valence-electron chi connectivity index (χ0n) is 19.1. The van der Waals surface area contributed by atoms with E-state index < -0.39 is 5.97 Å². The van der Waals surface area contributed by atoms with Crippen LogP contribution in [-0.2, 0) is 25.5 Å². The summed E-state index contributed by atoms with van der Waals surface area (Å²) in [5.41, 5.74) is 1.88. The molecule has 172 valence electrons. The molecule has 0 unspecified atom stereocenters. The molecule has 0 radical (unpaired) electrons. The molecule has 0 atom stereocenters.